The first kappa shape index (κ1) is 25.1. The predicted molar refractivity (Wildman–Crippen MR) is 163 cm³/mol. The molecule has 0 bridgehead atoms. The smallest absolute Gasteiger partial charge is 0.140 e. The van der Waals surface area contributed by atoms with Gasteiger partial charge in [0, 0.05) is 25.6 Å². The molecule has 0 aliphatic carbocycles. The van der Waals surface area contributed by atoms with Crippen molar-refractivity contribution in [1.29, 1.82) is 0 Å². The number of para-hydroxylation sites is 2. The zero-order chi connectivity index (χ0) is 27.1. The molecule has 4 aromatic carbocycles. The van der Waals surface area contributed by atoms with Gasteiger partial charge in [-0.3, -0.25) is 0 Å². The van der Waals surface area contributed by atoms with Crippen LogP contribution >= 0.6 is 0 Å². The maximum absolute atomic E-state index is 5.13. The van der Waals surface area contributed by atoms with E-state index < -0.39 is 0 Å². The lowest BCUT2D eigenvalue weighted by Gasteiger charge is -2.14. The van der Waals surface area contributed by atoms with E-state index in [4.69, 9.17) is 9.97 Å². The third-order valence-electron chi connectivity index (χ3n) is 7.83. The van der Waals surface area contributed by atoms with Crippen LogP contribution in [-0.2, 0) is 20.0 Å². The third-order valence-corrected chi connectivity index (χ3v) is 7.83. The Morgan fingerprint density at radius 1 is 0.795 bits per heavy atom. The Bertz CT molecular complexity index is 1780. The van der Waals surface area contributed by atoms with Crippen LogP contribution in [0.5, 0.6) is 0 Å². The van der Waals surface area contributed by atoms with E-state index in [0.717, 1.165) is 53.1 Å². The average molecular weight is 513 g/mol. The van der Waals surface area contributed by atoms with E-state index in [-0.39, 0.29) is 0 Å². The van der Waals surface area contributed by atoms with Crippen molar-refractivity contribution in [2.45, 2.75) is 53.0 Å². The van der Waals surface area contributed by atoms with Gasteiger partial charge in [0.05, 0.1) is 22.1 Å². The summed E-state index contributed by atoms with van der Waals surface area (Å²) in [5, 5.41) is 0. The van der Waals surface area contributed by atoms with E-state index in [1.54, 1.807) is 0 Å². The molecule has 0 radical (unpaired) electrons. The molecule has 2 aromatic heterocycles. The Morgan fingerprint density at radius 3 is 2.28 bits per heavy atom. The Morgan fingerprint density at radius 2 is 1.54 bits per heavy atom. The number of nitrogens with zero attached hydrogens (tertiary/aromatic N) is 4. The zero-order valence-corrected chi connectivity index (χ0v) is 23.6. The summed E-state index contributed by atoms with van der Waals surface area (Å²) in [6.07, 6.45) is 2.01. The van der Waals surface area contributed by atoms with Gasteiger partial charge in [-0.15, -0.1) is 0 Å². The highest BCUT2D eigenvalue weighted by atomic mass is 15.1. The highest BCUT2D eigenvalue weighted by molar-refractivity contribution is 5.87. The van der Waals surface area contributed by atoms with Gasteiger partial charge in [0.25, 0.3) is 0 Å². The molecule has 39 heavy (non-hydrogen) atoms. The maximum atomic E-state index is 5.13. The molecule has 196 valence electrons. The molecule has 0 atom stereocenters. The molecule has 0 saturated carbocycles. The molecular weight excluding hydrogens is 476 g/mol. The Hall–Kier alpha value is -4.18. The van der Waals surface area contributed by atoms with E-state index in [1.165, 1.54) is 33.3 Å². The molecule has 4 nitrogen and oxygen atoms in total. The van der Waals surface area contributed by atoms with Crippen LogP contribution in [-0.4, -0.2) is 19.1 Å². The first-order valence-electron chi connectivity index (χ1n) is 14.0. The number of rotatable bonds is 7. The largest absolute Gasteiger partial charge is 0.327 e. The molecule has 2 heterocycles. The number of benzene rings is 4. The number of fused-ring (bicyclic) bond motifs is 2. The fraction of sp³-hybridized carbons (Fsp3) is 0.257. The van der Waals surface area contributed by atoms with Crippen molar-refractivity contribution in [3.63, 3.8) is 0 Å². The molecule has 6 rings (SSSR count). The predicted octanol–water partition coefficient (Wildman–Crippen LogP) is 8.69. The van der Waals surface area contributed by atoms with Gasteiger partial charge in [-0.25, -0.2) is 9.97 Å². The van der Waals surface area contributed by atoms with Crippen molar-refractivity contribution in [3.05, 3.63) is 107 Å². The highest BCUT2D eigenvalue weighted by Gasteiger charge is 2.17. The molecule has 0 saturated heterocycles. The summed E-state index contributed by atoms with van der Waals surface area (Å²) in [5.74, 6) is 2.62. The Balaban J connectivity index is 1.42. The summed E-state index contributed by atoms with van der Waals surface area (Å²) >= 11 is 0. The van der Waals surface area contributed by atoms with Crippen molar-refractivity contribution in [2.75, 3.05) is 0 Å². The Kier molecular flexibility index (Phi) is 6.56. The lowest BCUT2D eigenvalue weighted by atomic mass is 9.92. The van der Waals surface area contributed by atoms with E-state index in [0.29, 0.717) is 5.92 Å². The minimum Gasteiger partial charge on any atom is -0.327 e. The third kappa shape index (κ3) is 4.54. The van der Waals surface area contributed by atoms with Gasteiger partial charge in [-0.05, 0) is 71.3 Å². The molecule has 0 spiro atoms. The van der Waals surface area contributed by atoms with Crippen molar-refractivity contribution in [2.24, 2.45) is 7.05 Å². The summed E-state index contributed by atoms with van der Waals surface area (Å²) in [6, 6.07) is 30.7. The first-order valence-corrected chi connectivity index (χ1v) is 14.0. The van der Waals surface area contributed by atoms with Crippen molar-refractivity contribution in [3.8, 4) is 22.5 Å². The first-order chi connectivity index (χ1) is 18.9. The quantitative estimate of drug-likeness (QED) is 0.214. The minimum atomic E-state index is 0.489. The van der Waals surface area contributed by atoms with Crippen molar-refractivity contribution >= 4 is 22.1 Å². The van der Waals surface area contributed by atoms with Crippen molar-refractivity contribution in [1.82, 2.24) is 19.1 Å². The normalized spacial score (nSPS) is 11.7. The summed E-state index contributed by atoms with van der Waals surface area (Å²) in [7, 11) is 2.10. The maximum Gasteiger partial charge on any atom is 0.140 e. The number of aryl methyl sites for hydroxylation is 3. The van der Waals surface area contributed by atoms with Gasteiger partial charge in [-0.2, -0.15) is 0 Å². The van der Waals surface area contributed by atoms with Crippen LogP contribution in [0.3, 0.4) is 0 Å². The van der Waals surface area contributed by atoms with Crippen LogP contribution in [0.25, 0.3) is 44.6 Å². The van der Waals surface area contributed by atoms with Gasteiger partial charge >= 0.3 is 0 Å². The number of imidazole rings is 2. The Labute approximate surface area is 231 Å². The SMILES string of the molecule is CCCc1nc2c(C)cc(-c3nc4ccccc4n3C)cc2n1Cc1ccc(-c2ccccc2C(C)C)cc1. The standard InChI is InChI=1S/C35H36N4/c1-6-11-33-37-34-24(4)20-27(35-36-30-14-9-10-15-31(30)38(35)5)21-32(34)39(33)22-25-16-18-26(19-17-25)29-13-8-7-12-28(29)23(2)3/h7-10,12-21,23H,6,11,22H2,1-5H3. The van der Waals surface area contributed by atoms with E-state index in [9.17, 15) is 0 Å². The fourth-order valence-electron chi connectivity index (χ4n) is 5.80. The van der Waals surface area contributed by atoms with Gasteiger partial charge in [0.1, 0.15) is 11.6 Å². The molecule has 0 fully saturated rings. The summed E-state index contributed by atoms with van der Waals surface area (Å²) in [4.78, 5) is 10.1. The van der Waals surface area contributed by atoms with E-state index in [1.807, 2.05) is 6.07 Å². The second kappa shape index (κ2) is 10.2. The van der Waals surface area contributed by atoms with E-state index in [2.05, 4.69) is 123 Å². The number of aromatic nitrogens is 4. The van der Waals surface area contributed by atoms with Gasteiger partial charge < -0.3 is 9.13 Å². The van der Waals surface area contributed by atoms with Crippen LogP contribution in [0.2, 0.25) is 0 Å². The highest BCUT2D eigenvalue weighted by Crippen LogP contribution is 2.32. The molecule has 0 amide bonds. The molecule has 0 aliphatic heterocycles. The summed E-state index contributed by atoms with van der Waals surface area (Å²) in [6.45, 7) is 9.71. The second-order valence-electron chi connectivity index (χ2n) is 10.9. The lowest BCUT2D eigenvalue weighted by molar-refractivity contribution is 0.722. The van der Waals surface area contributed by atoms with Crippen LogP contribution < -0.4 is 0 Å². The zero-order valence-electron chi connectivity index (χ0n) is 23.6. The van der Waals surface area contributed by atoms with Gasteiger partial charge in [0.15, 0.2) is 0 Å². The van der Waals surface area contributed by atoms with E-state index >= 15 is 0 Å². The summed E-state index contributed by atoms with van der Waals surface area (Å²) in [5.41, 5.74) is 12.0. The van der Waals surface area contributed by atoms with Crippen LogP contribution in [0, 0.1) is 6.92 Å². The van der Waals surface area contributed by atoms with Crippen LogP contribution in [0.15, 0.2) is 84.9 Å². The van der Waals surface area contributed by atoms with Crippen LogP contribution in [0.1, 0.15) is 55.6 Å². The lowest BCUT2D eigenvalue weighted by Crippen LogP contribution is -2.05. The minimum absolute atomic E-state index is 0.489. The monoisotopic (exact) mass is 512 g/mol. The van der Waals surface area contributed by atoms with Crippen molar-refractivity contribution < 1.29 is 0 Å². The molecule has 6 aromatic rings. The molecule has 0 unspecified atom stereocenters. The number of hydrogen-bond acceptors (Lipinski definition) is 2. The molecular formula is C35H36N4. The average Bonchev–Trinajstić information content (AvgIpc) is 3.47. The number of hydrogen-bond donors (Lipinski definition) is 0. The van der Waals surface area contributed by atoms with Gasteiger partial charge in [0.2, 0.25) is 0 Å². The van der Waals surface area contributed by atoms with Gasteiger partial charge in [-0.1, -0.05) is 81.4 Å². The fourth-order valence-corrected chi connectivity index (χ4v) is 5.80. The molecule has 4 heteroatoms. The molecule has 0 N–H and O–H groups in total. The second-order valence-corrected chi connectivity index (χ2v) is 10.9. The molecule has 0 aliphatic rings. The summed E-state index contributed by atoms with van der Waals surface area (Å²) < 4.78 is 4.60. The topological polar surface area (TPSA) is 35.6 Å². The van der Waals surface area contributed by atoms with Crippen LogP contribution in [0.4, 0.5) is 0 Å².